The van der Waals surface area contributed by atoms with Crippen LogP contribution in [0.25, 0.3) is 0 Å². The van der Waals surface area contributed by atoms with Gasteiger partial charge in [0.05, 0.1) is 10.9 Å². The molecule has 0 spiro atoms. The molecule has 3 amide bonds. The zero-order chi connectivity index (χ0) is 18.8. The van der Waals surface area contributed by atoms with E-state index in [4.69, 9.17) is 0 Å². The molecule has 0 bridgehead atoms. The second kappa shape index (κ2) is 7.44. The normalized spacial score (nSPS) is 18.2. The summed E-state index contributed by atoms with van der Waals surface area (Å²) in [5, 5.41) is 8.03. The summed E-state index contributed by atoms with van der Waals surface area (Å²) in [6.45, 7) is 0. The molecule has 1 atom stereocenters. The largest absolute Gasteiger partial charge is 0.326 e. The van der Waals surface area contributed by atoms with Gasteiger partial charge in [0.15, 0.2) is 0 Å². The third-order valence-corrected chi connectivity index (χ3v) is 5.71. The lowest BCUT2D eigenvalue weighted by atomic mass is 10.2. The van der Waals surface area contributed by atoms with Gasteiger partial charge in [-0.15, -0.1) is 11.8 Å². The summed E-state index contributed by atoms with van der Waals surface area (Å²) in [4.78, 5) is 37.4. The Morgan fingerprint density at radius 3 is 2.56 bits per heavy atom. The van der Waals surface area contributed by atoms with E-state index in [9.17, 15) is 14.4 Å². The van der Waals surface area contributed by atoms with Crippen molar-refractivity contribution < 1.29 is 14.4 Å². The van der Waals surface area contributed by atoms with Crippen molar-refractivity contribution in [3.63, 3.8) is 0 Å². The lowest BCUT2D eigenvalue weighted by Crippen LogP contribution is -2.32. The first-order chi connectivity index (χ1) is 13.1. The maximum atomic E-state index is 12.4. The van der Waals surface area contributed by atoms with Crippen molar-refractivity contribution >= 4 is 46.5 Å². The molecule has 1 saturated carbocycles. The second-order valence-corrected chi connectivity index (χ2v) is 7.93. The highest BCUT2D eigenvalue weighted by atomic mass is 32.2. The van der Waals surface area contributed by atoms with Crippen LogP contribution in [0.15, 0.2) is 53.4 Å². The minimum Gasteiger partial charge on any atom is -0.326 e. The number of amides is 3. The fraction of sp³-hybridized carbons (Fsp3) is 0.250. The molecule has 0 saturated heterocycles. The first-order valence-electron chi connectivity index (χ1n) is 8.86. The molecule has 1 heterocycles. The lowest BCUT2D eigenvalue weighted by molar-refractivity contribution is -0.120. The molecule has 1 fully saturated rings. The average molecular weight is 381 g/mol. The molecule has 1 unspecified atom stereocenters. The summed E-state index contributed by atoms with van der Waals surface area (Å²) in [6, 6.07) is 14.6. The highest BCUT2D eigenvalue weighted by molar-refractivity contribution is 8.01. The number of carbonyl (C=O) groups excluding carboxylic acids is 3. The van der Waals surface area contributed by atoms with E-state index in [0.717, 1.165) is 23.4 Å². The molecular formula is C20H19N3O3S. The lowest BCUT2D eigenvalue weighted by Gasteiger charge is -2.23. The predicted molar refractivity (Wildman–Crippen MR) is 106 cm³/mol. The van der Waals surface area contributed by atoms with Crippen molar-refractivity contribution in [3.05, 3.63) is 48.5 Å². The van der Waals surface area contributed by atoms with Crippen LogP contribution >= 0.6 is 11.8 Å². The van der Waals surface area contributed by atoms with Gasteiger partial charge in [-0.25, -0.2) is 0 Å². The smallest absolute Gasteiger partial charge is 0.238 e. The molecule has 0 radical (unpaired) electrons. The third kappa shape index (κ3) is 4.31. The Balaban J connectivity index is 1.37. The van der Waals surface area contributed by atoms with Crippen LogP contribution in [0.2, 0.25) is 0 Å². The monoisotopic (exact) mass is 381 g/mol. The Hall–Kier alpha value is -2.80. The number of thioether (sulfide) groups is 1. The number of para-hydroxylation sites is 1. The minimum absolute atomic E-state index is 0.0208. The fourth-order valence-corrected chi connectivity index (χ4v) is 3.98. The quantitative estimate of drug-likeness (QED) is 0.740. The summed E-state index contributed by atoms with van der Waals surface area (Å²) < 4.78 is 0. The maximum Gasteiger partial charge on any atom is 0.238 e. The van der Waals surface area contributed by atoms with Gasteiger partial charge in [-0.2, -0.15) is 0 Å². The van der Waals surface area contributed by atoms with E-state index in [1.807, 2.05) is 24.3 Å². The maximum absolute atomic E-state index is 12.4. The number of anilines is 3. The zero-order valence-electron chi connectivity index (χ0n) is 14.5. The molecule has 4 rings (SSSR count). The average Bonchev–Trinajstić information content (AvgIpc) is 3.48. The Kier molecular flexibility index (Phi) is 4.85. The number of nitrogens with one attached hydrogen (secondary N) is 3. The topological polar surface area (TPSA) is 87.3 Å². The van der Waals surface area contributed by atoms with E-state index in [1.165, 1.54) is 11.8 Å². The number of hydrogen-bond donors (Lipinski definition) is 3. The van der Waals surface area contributed by atoms with E-state index < -0.39 is 5.25 Å². The van der Waals surface area contributed by atoms with Crippen molar-refractivity contribution in [2.24, 2.45) is 5.92 Å². The molecule has 0 aromatic heterocycles. The van der Waals surface area contributed by atoms with Gasteiger partial charge in [0.2, 0.25) is 17.7 Å². The summed E-state index contributed by atoms with van der Waals surface area (Å²) in [7, 11) is 0. The van der Waals surface area contributed by atoms with Gasteiger partial charge in [0.25, 0.3) is 0 Å². The third-order valence-electron chi connectivity index (χ3n) is 4.44. The number of carbonyl (C=O) groups is 3. The fourth-order valence-electron chi connectivity index (χ4n) is 2.87. The molecular weight excluding hydrogens is 362 g/mol. The molecule has 1 aliphatic heterocycles. The number of fused-ring (bicyclic) bond motifs is 1. The number of benzene rings is 2. The Morgan fingerprint density at radius 1 is 1.04 bits per heavy atom. The Morgan fingerprint density at radius 2 is 1.78 bits per heavy atom. The van der Waals surface area contributed by atoms with Crippen LogP contribution in [0.3, 0.4) is 0 Å². The van der Waals surface area contributed by atoms with Crippen LogP contribution in [-0.4, -0.2) is 23.0 Å². The van der Waals surface area contributed by atoms with Gasteiger partial charge in [-0.1, -0.05) is 18.2 Å². The van der Waals surface area contributed by atoms with Gasteiger partial charge >= 0.3 is 0 Å². The number of rotatable bonds is 5. The molecule has 2 aliphatic rings. The van der Waals surface area contributed by atoms with Crippen LogP contribution in [0.1, 0.15) is 19.3 Å². The first-order valence-corrected chi connectivity index (χ1v) is 9.74. The highest BCUT2D eigenvalue weighted by Gasteiger charge is 2.30. The van der Waals surface area contributed by atoms with Gasteiger partial charge in [-0.05, 0) is 43.2 Å². The summed E-state index contributed by atoms with van der Waals surface area (Å²) in [5.74, 6) is -0.271. The SMILES string of the molecule is O=C(CC1Sc2ccccc2NC1=O)Nc1cccc(NC(=O)C2CC2)c1. The molecule has 138 valence electrons. The predicted octanol–water partition coefficient (Wildman–Crippen LogP) is 3.48. The van der Waals surface area contributed by atoms with Crippen molar-refractivity contribution in [1.82, 2.24) is 0 Å². The number of hydrogen-bond acceptors (Lipinski definition) is 4. The van der Waals surface area contributed by atoms with E-state index in [1.54, 1.807) is 24.3 Å². The van der Waals surface area contributed by atoms with Crippen LogP contribution in [0, 0.1) is 5.92 Å². The van der Waals surface area contributed by atoms with E-state index in [0.29, 0.717) is 11.4 Å². The van der Waals surface area contributed by atoms with Gasteiger partial charge in [-0.3, -0.25) is 14.4 Å². The van der Waals surface area contributed by atoms with Crippen LogP contribution < -0.4 is 16.0 Å². The van der Waals surface area contributed by atoms with Gasteiger partial charge < -0.3 is 16.0 Å². The standard InChI is InChI=1S/C20H19N3O3S/c24-18(11-17-20(26)23-15-6-1-2-7-16(15)27-17)21-13-4-3-5-14(10-13)22-19(25)12-8-9-12/h1-7,10,12,17H,8-9,11H2,(H,21,24)(H,22,25)(H,23,26). The Labute approximate surface area is 161 Å². The van der Waals surface area contributed by atoms with E-state index in [2.05, 4.69) is 16.0 Å². The first kappa shape index (κ1) is 17.6. The zero-order valence-corrected chi connectivity index (χ0v) is 15.3. The highest BCUT2D eigenvalue weighted by Crippen LogP contribution is 2.36. The van der Waals surface area contributed by atoms with E-state index >= 15 is 0 Å². The van der Waals surface area contributed by atoms with Crippen molar-refractivity contribution in [3.8, 4) is 0 Å². The molecule has 1 aliphatic carbocycles. The molecule has 27 heavy (non-hydrogen) atoms. The molecule has 2 aromatic rings. The van der Waals surface area contributed by atoms with Crippen molar-refractivity contribution in [1.29, 1.82) is 0 Å². The van der Waals surface area contributed by atoms with Gasteiger partial charge in [0.1, 0.15) is 0 Å². The van der Waals surface area contributed by atoms with Gasteiger partial charge in [0, 0.05) is 28.6 Å². The summed E-state index contributed by atoms with van der Waals surface area (Å²) in [6.07, 6.45) is 1.95. The van der Waals surface area contributed by atoms with E-state index in [-0.39, 0.29) is 30.1 Å². The van der Waals surface area contributed by atoms with Crippen molar-refractivity contribution in [2.45, 2.75) is 29.4 Å². The molecule has 3 N–H and O–H groups in total. The molecule has 6 nitrogen and oxygen atoms in total. The molecule has 7 heteroatoms. The second-order valence-electron chi connectivity index (χ2n) is 6.69. The van der Waals surface area contributed by atoms with Crippen LogP contribution in [-0.2, 0) is 14.4 Å². The molecule has 2 aromatic carbocycles. The van der Waals surface area contributed by atoms with Crippen LogP contribution in [0.5, 0.6) is 0 Å². The minimum atomic E-state index is -0.474. The summed E-state index contributed by atoms with van der Waals surface area (Å²) in [5.41, 5.74) is 2.03. The van der Waals surface area contributed by atoms with Crippen LogP contribution in [0.4, 0.5) is 17.1 Å². The Bertz CT molecular complexity index is 911. The summed E-state index contributed by atoms with van der Waals surface area (Å²) >= 11 is 1.40. The van der Waals surface area contributed by atoms with Crippen molar-refractivity contribution in [2.75, 3.05) is 16.0 Å².